The fourth-order valence-corrected chi connectivity index (χ4v) is 5.57. The molecule has 3 N–H and O–H groups in total. The molecule has 0 radical (unpaired) electrons. The number of piperidine rings is 1. The van der Waals surface area contributed by atoms with Crippen molar-refractivity contribution in [1.29, 1.82) is 0 Å². The van der Waals surface area contributed by atoms with E-state index in [4.69, 9.17) is 9.56 Å². The minimum Gasteiger partial charge on any atom is -0.464 e. The van der Waals surface area contributed by atoms with E-state index in [2.05, 4.69) is 16.0 Å². The van der Waals surface area contributed by atoms with Crippen LogP contribution in [0.15, 0.2) is 70.3 Å². The van der Waals surface area contributed by atoms with Crippen LogP contribution in [0.4, 0.5) is 0 Å². The van der Waals surface area contributed by atoms with Crippen molar-refractivity contribution in [2.75, 3.05) is 19.6 Å². The van der Waals surface area contributed by atoms with E-state index in [-0.39, 0.29) is 4.90 Å². The number of fused-ring (bicyclic) bond motifs is 2. The maximum absolute atomic E-state index is 12.0. The Morgan fingerprint density at radius 3 is 2.58 bits per heavy atom. The van der Waals surface area contributed by atoms with Gasteiger partial charge in [-0.1, -0.05) is 30.3 Å². The standard InChI is InChI=1S/C25H27N3O4S/c26-33(30,31)24-7-3-5-20-21(24)8-12-27-22(20)16-25(29)10-14-28(15-11-25)13-9-18-17-32-23-6-2-1-4-19(18)23/h1-8,12,17,29H,9-11,13-16H2,(H2,26,30,31). The van der Waals surface area contributed by atoms with Gasteiger partial charge < -0.3 is 14.4 Å². The maximum atomic E-state index is 12.0. The number of para-hydroxylation sites is 1. The molecule has 5 rings (SSSR count). The SMILES string of the molecule is NS(=O)(=O)c1cccc2c(CC3(O)CCN(CCc4coc5ccccc45)CC3)nccc12. The summed E-state index contributed by atoms with van der Waals surface area (Å²) in [7, 11) is -3.84. The molecule has 0 aliphatic carbocycles. The fourth-order valence-electron chi connectivity index (χ4n) is 4.81. The molecule has 0 saturated carbocycles. The van der Waals surface area contributed by atoms with Gasteiger partial charge in [-0.25, -0.2) is 13.6 Å². The Hall–Kier alpha value is -2.78. The van der Waals surface area contributed by atoms with Crippen molar-refractivity contribution in [3.63, 3.8) is 0 Å². The maximum Gasteiger partial charge on any atom is 0.238 e. The highest BCUT2D eigenvalue weighted by Crippen LogP contribution is 2.31. The summed E-state index contributed by atoms with van der Waals surface area (Å²) in [6.07, 6.45) is 5.96. The number of benzene rings is 2. The summed E-state index contributed by atoms with van der Waals surface area (Å²) in [4.78, 5) is 6.92. The van der Waals surface area contributed by atoms with E-state index in [1.54, 1.807) is 18.3 Å². The lowest BCUT2D eigenvalue weighted by Gasteiger charge is -2.38. The number of pyridine rings is 1. The van der Waals surface area contributed by atoms with Gasteiger partial charge >= 0.3 is 0 Å². The molecule has 33 heavy (non-hydrogen) atoms. The molecule has 172 valence electrons. The summed E-state index contributed by atoms with van der Waals surface area (Å²) in [5, 5.41) is 19.1. The van der Waals surface area contributed by atoms with Crippen LogP contribution in [0.2, 0.25) is 0 Å². The van der Waals surface area contributed by atoms with E-state index in [0.29, 0.717) is 35.7 Å². The highest BCUT2D eigenvalue weighted by Gasteiger charge is 2.33. The van der Waals surface area contributed by atoms with E-state index in [1.807, 2.05) is 30.5 Å². The van der Waals surface area contributed by atoms with Crippen molar-refractivity contribution in [3.05, 3.63) is 72.2 Å². The van der Waals surface area contributed by atoms with Crippen LogP contribution in [0.25, 0.3) is 21.7 Å². The van der Waals surface area contributed by atoms with Crippen molar-refractivity contribution in [1.82, 2.24) is 9.88 Å². The summed E-state index contributed by atoms with van der Waals surface area (Å²) >= 11 is 0. The molecule has 8 heteroatoms. The molecule has 0 unspecified atom stereocenters. The molecule has 1 fully saturated rings. The quantitative estimate of drug-likeness (QED) is 0.452. The predicted molar refractivity (Wildman–Crippen MR) is 127 cm³/mol. The van der Waals surface area contributed by atoms with Gasteiger partial charge in [0.2, 0.25) is 10.0 Å². The third kappa shape index (κ3) is 4.52. The summed E-state index contributed by atoms with van der Waals surface area (Å²) in [5.74, 6) is 0. The second kappa shape index (κ2) is 8.53. The Morgan fingerprint density at radius 1 is 1.03 bits per heavy atom. The summed E-state index contributed by atoms with van der Waals surface area (Å²) in [5.41, 5.74) is 1.93. The fraction of sp³-hybridized carbons (Fsp3) is 0.320. The Labute approximate surface area is 192 Å². The van der Waals surface area contributed by atoms with Gasteiger partial charge in [0.1, 0.15) is 5.58 Å². The van der Waals surface area contributed by atoms with Crippen molar-refractivity contribution in [2.24, 2.45) is 5.14 Å². The molecule has 1 aliphatic rings. The number of sulfonamides is 1. The van der Waals surface area contributed by atoms with Gasteiger partial charge in [0.05, 0.1) is 22.5 Å². The molecule has 4 aromatic rings. The number of hydrogen-bond donors (Lipinski definition) is 2. The number of nitrogens with two attached hydrogens (primary N) is 1. The van der Waals surface area contributed by atoms with Crippen LogP contribution in [0.1, 0.15) is 24.1 Å². The Bertz CT molecular complexity index is 1410. The lowest BCUT2D eigenvalue weighted by molar-refractivity contribution is -0.0207. The first kappa shape index (κ1) is 22.0. The Kier molecular flexibility index (Phi) is 5.70. The lowest BCUT2D eigenvalue weighted by Crippen LogP contribution is -2.46. The number of nitrogens with zero attached hydrogens (tertiary/aromatic N) is 2. The number of primary sulfonamides is 1. The average molecular weight is 466 g/mol. The molecule has 7 nitrogen and oxygen atoms in total. The summed E-state index contributed by atoms with van der Waals surface area (Å²) in [6.45, 7) is 2.49. The van der Waals surface area contributed by atoms with Gasteiger partial charge in [-0.15, -0.1) is 0 Å². The zero-order valence-corrected chi connectivity index (χ0v) is 19.1. The van der Waals surface area contributed by atoms with Gasteiger partial charge in [-0.3, -0.25) is 4.98 Å². The summed E-state index contributed by atoms with van der Waals surface area (Å²) in [6, 6.07) is 14.7. The van der Waals surface area contributed by atoms with Gasteiger partial charge in [0.15, 0.2) is 0 Å². The zero-order chi connectivity index (χ0) is 23.1. The van der Waals surface area contributed by atoms with Crippen molar-refractivity contribution < 1.29 is 17.9 Å². The molecule has 2 aromatic heterocycles. The third-order valence-corrected chi connectivity index (χ3v) is 7.67. The van der Waals surface area contributed by atoms with Gasteiger partial charge in [-0.05, 0) is 43.0 Å². The van der Waals surface area contributed by atoms with Crippen LogP contribution < -0.4 is 5.14 Å². The molecule has 0 spiro atoms. The highest BCUT2D eigenvalue weighted by molar-refractivity contribution is 7.89. The van der Waals surface area contributed by atoms with Crippen LogP contribution in [0.5, 0.6) is 0 Å². The van der Waals surface area contributed by atoms with Crippen LogP contribution >= 0.6 is 0 Å². The lowest BCUT2D eigenvalue weighted by atomic mass is 9.85. The largest absolute Gasteiger partial charge is 0.464 e. The molecule has 1 aliphatic heterocycles. The van der Waals surface area contributed by atoms with Crippen LogP contribution in [-0.4, -0.2) is 48.6 Å². The third-order valence-electron chi connectivity index (χ3n) is 6.70. The molecule has 0 atom stereocenters. The minimum absolute atomic E-state index is 0.0808. The number of furan rings is 1. The van der Waals surface area contributed by atoms with Gasteiger partial charge in [0.25, 0.3) is 0 Å². The second-order valence-corrected chi connectivity index (χ2v) is 10.4. The van der Waals surface area contributed by atoms with E-state index in [9.17, 15) is 13.5 Å². The van der Waals surface area contributed by atoms with E-state index in [0.717, 1.165) is 37.0 Å². The molecule has 3 heterocycles. The molecule has 1 saturated heterocycles. The first-order valence-electron chi connectivity index (χ1n) is 11.1. The smallest absolute Gasteiger partial charge is 0.238 e. The van der Waals surface area contributed by atoms with Crippen LogP contribution in [-0.2, 0) is 22.9 Å². The van der Waals surface area contributed by atoms with Gasteiger partial charge in [-0.2, -0.15) is 0 Å². The van der Waals surface area contributed by atoms with E-state index in [1.165, 1.54) is 11.6 Å². The van der Waals surface area contributed by atoms with E-state index < -0.39 is 15.6 Å². The van der Waals surface area contributed by atoms with Gasteiger partial charge in [0, 0.05) is 48.4 Å². The Balaban J connectivity index is 1.26. The zero-order valence-electron chi connectivity index (χ0n) is 18.3. The first-order valence-corrected chi connectivity index (χ1v) is 12.7. The topological polar surface area (TPSA) is 110 Å². The van der Waals surface area contributed by atoms with Crippen molar-refractivity contribution in [3.8, 4) is 0 Å². The van der Waals surface area contributed by atoms with Crippen LogP contribution in [0.3, 0.4) is 0 Å². The molecule has 0 bridgehead atoms. The van der Waals surface area contributed by atoms with E-state index >= 15 is 0 Å². The number of aromatic nitrogens is 1. The number of hydrogen-bond acceptors (Lipinski definition) is 6. The molecule has 2 aromatic carbocycles. The van der Waals surface area contributed by atoms with Crippen LogP contribution in [0, 0.1) is 0 Å². The molecule has 0 amide bonds. The average Bonchev–Trinajstić information content (AvgIpc) is 3.21. The Morgan fingerprint density at radius 2 is 1.79 bits per heavy atom. The normalized spacial score (nSPS) is 17.0. The second-order valence-electron chi connectivity index (χ2n) is 8.90. The number of aliphatic hydroxyl groups is 1. The monoisotopic (exact) mass is 465 g/mol. The molecular formula is C25H27N3O4S. The predicted octanol–water partition coefficient (Wildman–Crippen LogP) is 3.24. The minimum atomic E-state index is -3.84. The highest BCUT2D eigenvalue weighted by atomic mass is 32.2. The van der Waals surface area contributed by atoms with Crippen molar-refractivity contribution in [2.45, 2.75) is 36.2 Å². The number of likely N-dealkylation sites (tertiary alicyclic amines) is 1. The molecular weight excluding hydrogens is 438 g/mol. The first-order chi connectivity index (χ1) is 15.8. The summed E-state index contributed by atoms with van der Waals surface area (Å²) < 4.78 is 29.6. The number of rotatable bonds is 6. The van der Waals surface area contributed by atoms with Crippen molar-refractivity contribution >= 4 is 31.8 Å².